The first-order valence-electron chi connectivity index (χ1n) is 9.85. The third kappa shape index (κ3) is 4.13. The van der Waals surface area contributed by atoms with E-state index in [-0.39, 0.29) is 5.91 Å². The molecule has 4 rings (SSSR count). The minimum atomic E-state index is -0.0650. The predicted octanol–water partition coefficient (Wildman–Crippen LogP) is 3.92. The molecule has 0 unspecified atom stereocenters. The third-order valence-electron chi connectivity index (χ3n) is 5.29. The molecule has 1 aromatic carbocycles. The number of H-pyrrole nitrogens is 1. The Morgan fingerprint density at radius 1 is 1.07 bits per heavy atom. The number of hydrogen-bond acceptors (Lipinski definition) is 3. The molecule has 27 heavy (non-hydrogen) atoms. The Morgan fingerprint density at radius 2 is 1.89 bits per heavy atom. The number of aromatic nitrogens is 2. The van der Waals surface area contributed by atoms with Crippen LogP contribution < -0.4 is 10.2 Å². The number of nitrogens with zero attached hydrogens (tertiary/aromatic N) is 2. The van der Waals surface area contributed by atoms with Crippen LogP contribution in [0.25, 0.3) is 10.9 Å². The van der Waals surface area contributed by atoms with E-state index in [9.17, 15) is 4.79 Å². The first kappa shape index (κ1) is 17.6. The van der Waals surface area contributed by atoms with E-state index >= 15 is 0 Å². The zero-order valence-electron chi connectivity index (χ0n) is 15.6. The zero-order valence-corrected chi connectivity index (χ0v) is 15.6. The number of carbonyl (C=O) groups excluding carboxylic acids is 1. The van der Waals surface area contributed by atoms with Gasteiger partial charge >= 0.3 is 0 Å². The van der Waals surface area contributed by atoms with E-state index in [1.807, 2.05) is 30.5 Å². The van der Waals surface area contributed by atoms with Gasteiger partial charge in [0.25, 0.3) is 5.91 Å². The van der Waals surface area contributed by atoms with Crippen LogP contribution in [-0.2, 0) is 6.42 Å². The van der Waals surface area contributed by atoms with Crippen molar-refractivity contribution < 1.29 is 4.79 Å². The number of benzene rings is 1. The molecule has 3 aromatic rings. The summed E-state index contributed by atoms with van der Waals surface area (Å²) in [7, 11) is 0. The molecule has 2 N–H and O–H groups in total. The average Bonchev–Trinajstić information content (AvgIpc) is 2.93. The average molecular weight is 362 g/mol. The lowest BCUT2D eigenvalue weighted by Gasteiger charge is -2.21. The molecular weight excluding hydrogens is 336 g/mol. The second kappa shape index (κ2) is 8.25. The normalized spacial score (nSPS) is 14.9. The van der Waals surface area contributed by atoms with Gasteiger partial charge in [-0.05, 0) is 43.0 Å². The van der Waals surface area contributed by atoms with Crippen LogP contribution in [0.1, 0.15) is 41.6 Å². The fourth-order valence-corrected chi connectivity index (χ4v) is 3.76. The first-order chi connectivity index (χ1) is 13.3. The number of aromatic amines is 1. The summed E-state index contributed by atoms with van der Waals surface area (Å²) in [4.78, 5) is 22.5. The van der Waals surface area contributed by atoms with Gasteiger partial charge in [0.1, 0.15) is 5.82 Å². The fraction of sp³-hybridized carbons (Fsp3) is 0.364. The maximum atomic E-state index is 12.4. The lowest BCUT2D eigenvalue weighted by Crippen LogP contribution is -2.27. The Balaban J connectivity index is 1.33. The largest absolute Gasteiger partial charge is 0.361 e. The third-order valence-corrected chi connectivity index (χ3v) is 5.29. The Kier molecular flexibility index (Phi) is 5.37. The van der Waals surface area contributed by atoms with Crippen molar-refractivity contribution in [3.05, 3.63) is 59.9 Å². The Labute approximate surface area is 159 Å². The van der Waals surface area contributed by atoms with Crippen LogP contribution >= 0.6 is 0 Å². The van der Waals surface area contributed by atoms with Crippen LogP contribution in [-0.4, -0.2) is 35.5 Å². The maximum absolute atomic E-state index is 12.4. The van der Waals surface area contributed by atoms with Gasteiger partial charge in [0.2, 0.25) is 0 Å². The predicted molar refractivity (Wildman–Crippen MR) is 109 cm³/mol. The molecule has 0 aliphatic carbocycles. The van der Waals surface area contributed by atoms with E-state index in [4.69, 9.17) is 0 Å². The molecular formula is C22H26N4O. The summed E-state index contributed by atoms with van der Waals surface area (Å²) in [5.74, 6) is 0.914. The molecule has 5 heteroatoms. The van der Waals surface area contributed by atoms with E-state index in [1.54, 1.807) is 6.20 Å². The van der Waals surface area contributed by atoms with Gasteiger partial charge in [-0.2, -0.15) is 0 Å². The second-order valence-electron chi connectivity index (χ2n) is 7.17. The highest BCUT2D eigenvalue weighted by Crippen LogP contribution is 2.19. The van der Waals surface area contributed by atoms with Crippen molar-refractivity contribution in [3.8, 4) is 0 Å². The van der Waals surface area contributed by atoms with Crippen LogP contribution in [0.15, 0.2) is 48.8 Å². The highest BCUT2D eigenvalue weighted by atomic mass is 16.1. The van der Waals surface area contributed by atoms with Crippen molar-refractivity contribution in [3.63, 3.8) is 0 Å². The summed E-state index contributed by atoms with van der Waals surface area (Å²) >= 11 is 0. The smallest absolute Gasteiger partial charge is 0.252 e. The molecule has 0 atom stereocenters. The molecule has 1 fully saturated rings. The highest BCUT2D eigenvalue weighted by Gasteiger charge is 2.12. The van der Waals surface area contributed by atoms with Crippen LogP contribution in [0.2, 0.25) is 0 Å². The molecule has 2 aromatic heterocycles. The number of fused-ring (bicyclic) bond motifs is 1. The van der Waals surface area contributed by atoms with Gasteiger partial charge in [0.05, 0.1) is 5.56 Å². The zero-order chi connectivity index (χ0) is 18.5. The summed E-state index contributed by atoms with van der Waals surface area (Å²) in [6, 6.07) is 12.1. The molecule has 1 saturated heterocycles. The second-order valence-corrected chi connectivity index (χ2v) is 7.17. The fourth-order valence-electron chi connectivity index (χ4n) is 3.76. The van der Waals surface area contributed by atoms with Crippen molar-refractivity contribution in [2.45, 2.75) is 32.1 Å². The van der Waals surface area contributed by atoms with Gasteiger partial charge in [-0.3, -0.25) is 4.79 Å². The van der Waals surface area contributed by atoms with Crippen LogP contribution in [0.4, 0.5) is 5.82 Å². The van der Waals surface area contributed by atoms with Crippen LogP contribution in [0, 0.1) is 0 Å². The van der Waals surface area contributed by atoms with E-state index in [1.165, 1.54) is 36.6 Å². The van der Waals surface area contributed by atoms with Gasteiger partial charge < -0.3 is 15.2 Å². The van der Waals surface area contributed by atoms with Gasteiger partial charge in [-0.25, -0.2) is 4.98 Å². The molecule has 1 aliphatic rings. The minimum Gasteiger partial charge on any atom is -0.361 e. The van der Waals surface area contributed by atoms with Crippen molar-refractivity contribution in [2.75, 3.05) is 24.5 Å². The number of rotatable bonds is 5. The van der Waals surface area contributed by atoms with E-state index in [0.717, 1.165) is 30.8 Å². The lowest BCUT2D eigenvalue weighted by atomic mass is 10.1. The number of para-hydroxylation sites is 1. The quantitative estimate of drug-likeness (QED) is 0.723. The van der Waals surface area contributed by atoms with Gasteiger partial charge in [0.15, 0.2) is 0 Å². The molecule has 0 saturated carbocycles. The Hall–Kier alpha value is -2.82. The molecule has 5 nitrogen and oxygen atoms in total. The molecule has 0 spiro atoms. The van der Waals surface area contributed by atoms with E-state index in [0.29, 0.717) is 12.1 Å². The lowest BCUT2D eigenvalue weighted by molar-refractivity contribution is 0.0954. The van der Waals surface area contributed by atoms with Crippen molar-refractivity contribution >= 4 is 22.6 Å². The molecule has 1 aliphatic heterocycles. The number of carbonyl (C=O) groups is 1. The number of hydrogen-bond donors (Lipinski definition) is 2. The summed E-state index contributed by atoms with van der Waals surface area (Å²) in [5, 5.41) is 4.22. The highest BCUT2D eigenvalue weighted by molar-refractivity contribution is 5.94. The topological polar surface area (TPSA) is 61.0 Å². The van der Waals surface area contributed by atoms with Crippen molar-refractivity contribution in [1.82, 2.24) is 15.3 Å². The first-order valence-corrected chi connectivity index (χ1v) is 9.85. The molecule has 3 heterocycles. The van der Waals surface area contributed by atoms with Crippen molar-refractivity contribution in [1.29, 1.82) is 0 Å². The SMILES string of the molecule is O=C(NCCc1c[nH]c2ccccc12)c1ccc(N2CCCCCC2)nc1. The standard InChI is InChI=1S/C22H26N4O/c27-22(23-12-11-17-15-24-20-8-4-3-7-19(17)20)18-9-10-21(25-16-18)26-13-5-1-2-6-14-26/h3-4,7-10,15-16,24H,1-2,5-6,11-14H2,(H,23,27). The molecule has 140 valence electrons. The Morgan fingerprint density at radius 3 is 2.67 bits per heavy atom. The molecule has 1 amide bonds. The summed E-state index contributed by atoms with van der Waals surface area (Å²) in [6.07, 6.45) is 9.56. The number of anilines is 1. The van der Waals surface area contributed by atoms with Crippen LogP contribution in [0.3, 0.4) is 0 Å². The number of amides is 1. The van der Waals surface area contributed by atoms with Crippen LogP contribution in [0.5, 0.6) is 0 Å². The van der Waals surface area contributed by atoms with Gasteiger partial charge in [-0.1, -0.05) is 31.0 Å². The van der Waals surface area contributed by atoms with E-state index in [2.05, 4.69) is 32.3 Å². The summed E-state index contributed by atoms with van der Waals surface area (Å²) in [6.45, 7) is 2.72. The summed E-state index contributed by atoms with van der Waals surface area (Å²) in [5.41, 5.74) is 2.97. The number of nitrogens with one attached hydrogen (secondary N) is 2. The number of pyridine rings is 1. The van der Waals surface area contributed by atoms with Crippen molar-refractivity contribution in [2.24, 2.45) is 0 Å². The summed E-state index contributed by atoms with van der Waals surface area (Å²) < 4.78 is 0. The van der Waals surface area contributed by atoms with Gasteiger partial charge in [-0.15, -0.1) is 0 Å². The molecule has 0 bridgehead atoms. The maximum Gasteiger partial charge on any atom is 0.252 e. The monoisotopic (exact) mass is 362 g/mol. The van der Waals surface area contributed by atoms with Gasteiger partial charge in [0, 0.05) is 42.9 Å². The molecule has 0 radical (unpaired) electrons. The van der Waals surface area contributed by atoms with E-state index < -0.39 is 0 Å². The minimum absolute atomic E-state index is 0.0650. The Bertz CT molecular complexity index is 892.